The third kappa shape index (κ3) is 3.12. The molecule has 108 valence electrons. The minimum absolute atomic E-state index is 0.0724. The summed E-state index contributed by atoms with van der Waals surface area (Å²) in [5.74, 6) is 0.664. The topological polar surface area (TPSA) is 73.2 Å². The Kier molecular flexibility index (Phi) is 4.32. The van der Waals surface area contributed by atoms with Crippen molar-refractivity contribution in [2.45, 2.75) is 11.6 Å². The van der Waals surface area contributed by atoms with Gasteiger partial charge in [-0.1, -0.05) is 23.7 Å². The molecule has 1 N–H and O–H groups in total. The van der Waals surface area contributed by atoms with Crippen LogP contribution in [0, 0.1) is 0 Å². The summed E-state index contributed by atoms with van der Waals surface area (Å²) in [4.78, 5) is 3.79. The van der Waals surface area contributed by atoms with Crippen LogP contribution in [0.2, 0.25) is 5.15 Å². The van der Waals surface area contributed by atoms with Gasteiger partial charge in [0, 0.05) is 13.6 Å². The van der Waals surface area contributed by atoms with E-state index in [1.165, 1.54) is 10.9 Å². The molecule has 0 amide bonds. The van der Waals surface area contributed by atoms with E-state index in [9.17, 15) is 8.42 Å². The molecule has 0 atom stereocenters. The number of nitrogens with one attached hydrogen (secondary N) is 1. The van der Waals surface area contributed by atoms with Crippen molar-refractivity contribution >= 4 is 21.6 Å². The number of rotatable bonds is 5. The average Bonchev–Trinajstić information content (AvgIpc) is 2.78. The SMILES string of the molecule is COc1cccc(CNS(=O)(=O)c2ncn(C)c2Cl)c1. The molecular formula is C12H14ClN3O3S. The van der Waals surface area contributed by atoms with Crippen LogP contribution in [0.3, 0.4) is 0 Å². The van der Waals surface area contributed by atoms with E-state index in [0.29, 0.717) is 5.75 Å². The minimum atomic E-state index is -3.74. The van der Waals surface area contributed by atoms with Crippen LogP contribution >= 0.6 is 11.6 Å². The number of benzene rings is 1. The van der Waals surface area contributed by atoms with Crippen molar-refractivity contribution < 1.29 is 13.2 Å². The molecule has 0 bridgehead atoms. The Morgan fingerprint density at radius 3 is 2.80 bits per heavy atom. The number of methoxy groups -OCH3 is 1. The van der Waals surface area contributed by atoms with Crippen LogP contribution in [0.4, 0.5) is 0 Å². The highest BCUT2D eigenvalue weighted by Crippen LogP contribution is 2.19. The Bertz CT molecular complexity index is 712. The van der Waals surface area contributed by atoms with E-state index in [0.717, 1.165) is 5.56 Å². The molecule has 0 aliphatic rings. The smallest absolute Gasteiger partial charge is 0.261 e. The number of nitrogens with zero attached hydrogens (tertiary/aromatic N) is 2. The van der Waals surface area contributed by atoms with E-state index >= 15 is 0 Å². The standard InChI is InChI=1S/C12H14ClN3O3S/c1-16-8-14-12(11(16)13)20(17,18)15-7-9-4-3-5-10(6-9)19-2/h3-6,8,15H,7H2,1-2H3. The lowest BCUT2D eigenvalue weighted by molar-refractivity contribution is 0.414. The Labute approximate surface area is 122 Å². The lowest BCUT2D eigenvalue weighted by Crippen LogP contribution is -2.24. The molecule has 0 spiro atoms. The van der Waals surface area contributed by atoms with Crippen molar-refractivity contribution in [2.24, 2.45) is 7.05 Å². The second-order valence-electron chi connectivity index (χ2n) is 4.13. The van der Waals surface area contributed by atoms with Gasteiger partial charge in [0.25, 0.3) is 10.0 Å². The molecule has 0 aliphatic carbocycles. The summed E-state index contributed by atoms with van der Waals surface area (Å²) in [6.45, 7) is 0.131. The second-order valence-corrected chi connectivity index (χ2v) is 6.17. The predicted octanol–water partition coefficient (Wildman–Crippen LogP) is 1.56. The third-order valence-electron chi connectivity index (χ3n) is 2.69. The highest BCUT2D eigenvalue weighted by Gasteiger charge is 2.21. The summed E-state index contributed by atoms with van der Waals surface area (Å²) in [5.41, 5.74) is 0.778. The van der Waals surface area contributed by atoms with Crippen molar-refractivity contribution in [3.63, 3.8) is 0 Å². The van der Waals surface area contributed by atoms with Gasteiger partial charge in [-0.2, -0.15) is 0 Å². The van der Waals surface area contributed by atoms with Gasteiger partial charge in [0.1, 0.15) is 10.9 Å². The van der Waals surface area contributed by atoms with Gasteiger partial charge in [-0.05, 0) is 17.7 Å². The zero-order valence-electron chi connectivity index (χ0n) is 11.0. The van der Waals surface area contributed by atoms with Crippen LogP contribution in [0.15, 0.2) is 35.6 Å². The van der Waals surface area contributed by atoms with Gasteiger partial charge in [0.15, 0.2) is 0 Å². The summed E-state index contributed by atoms with van der Waals surface area (Å²) in [7, 11) is -0.569. The monoisotopic (exact) mass is 315 g/mol. The molecule has 2 rings (SSSR count). The first-order chi connectivity index (χ1) is 9.44. The molecular weight excluding hydrogens is 302 g/mol. The Balaban J connectivity index is 2.15. The van der Waals surface area contributed by atoms with Gasteiger partial charge < -0.3 is 9.30 Å². The van der Waals surface area contributed by atoms with E-state index in [-0.39, 0.29) is 16.7 Å². The number of aryl methyl sites for hydroxylation is 1. The maximum absolute atomic E-state index is 12.1. The van der Waals surface area contributed by atoms with E-state index in [1.54, 1.807) is 38.4 Å². The highest BCUT2D eigenvalue weighted by atomic mass is 35.5. The lowest BCUT2D eigenvalue weighted by Gasteiger charge is -2.06. The molecule has 0 aliphatic heterocycles. The average molecular weight is 316 g/mol. The van der Waals surface area contributed by atoms with Crippen molar-refractivity contribution in [2.75, 3.05) is 7.11 Å². The first-order valence-corrected chi connectivity index (χ1v) is 7.59. The summed E-state index contributed by atoms with van der Waals surface area (Å²) in [6.07, 6.45) is 1.35. The molecule has 0 unspecified atom stereocenters. The molecule has 6 nitrogen and oxygen atoms in total. The molecule has 1 aromatic carbocycles. The zero-order valence-corrected chi connectivity index (χ0v) is 12.6. The van der Waals surface area contributed by atoms with Crippen molar-refractivity contribution in [3.8, 4) is 5.75 Å². The number of hydrogen-bond acceptors (Lipinski definition) is 4. The maximum Gasteiger partial charge on any atom is 0.261 e. The highest BCUT2D eigenvalue weighted by molar-refractivity contribution is 7.89. The van der Waals surface area contributed by atoms with Crippen LogP contribution in [-0.4, -0.2) is 25.1 Å². The molecule has 0 saturated heterocycles. The summed E-state index contributed by atoms with van der Waals surface area (Å²) >= 11 is 5.88. The number of ether oxygens (including phenoxy) is 1. The largest absolute Gasteiger partial charge is 0.497 e. The fourth-order valence-electron chi connectivity index (χ4n) is 1.60. The van der Waals surface area contributed by atoms with E-state index in [1.807, 2.05) is 0 Å². The predicted molar refractivity (Wildman–Crippen MR) is 75.2 cm³/mol. The zero-order chi connectivity index (χ0) is 14.8. The van der Waals surface area contributed by atoms with Crippen molar-refractivity contribution in [1.82, 2.24) is 14.3 Å². The van der Waals surface area contributed by atoms with E-state index in [2.05, 4.69) is 9.71 Å². The van der Waals surface area contributed by atoms with Crippen molar-refractivity contribution in [1.29, 1.82) is 0 Å². The van der Waals surface area contributed by atoms with Crippen LogP contribution in [0.5, 0.6) is 5.75 Å². The summed E-state index contributed by atoms with van der Waals surface area (Å²) in [6, 6.07) is 7.12. The Hall–Kier alpha value is -1.57. The van der Waals surface area contributed by atoms with E-state index in [4.69, 9.17) is 16.3 Å². The lowest BCUT2D eigenvalue weighted by atomic mass is 10.2. The number of sulfonamides is 1. The molecule has 20 heavy (non-hydrogen) atoms. The number of hydrogen-bond donors (Lipinski definition) is 1. The fourth-order valence-corrected chi connectivity index (χ4v) is 3.05. The van der Waals surface area contributed by atoms with Crippen LogP contribution in [-0.2, 0) is 23.6 Å². The Morgan fingerprint density at radius 2 is 2.20 bits per heavy atom. The number of aromatic nitrogens is 2. The van der Waals surface area contributed by atoms with Crippen LogP contribution in [0.25, 0.3) is 0 Å². The van der Waals surface area contributed by atoms with Gasteiger partial charge in [-0.3, -0.25) is 0 Å². The first kappa shape index (κ1) is 14.8. The van der Waals surface area contributed by atoms with Gasteiger partial charge in [-0.25, -0.2) is 18.1 Å². The van der Waals surface area contributed by atoms with Crippen LogP contribution in [0.1, 0.15) is 5.56 Å². The fraction of sp³-hybridized carbons (Fsp3) is 0.250. The molecule has 1 aromatic heterocycles. The Morgan fingerprint density at radius 1 is 1.45 bits per heavy atom. The summed E-state index contributed by atoms with van der Waals surface area (Å²) < 4.78 is 33.1. The van der Waals surface area contributed by atoms with Gasteiger partial charge in [0.05, 0.1) is 13.4 Å². The van der Waals surface area contributed by atoms with Gasteiger partial charge in [-0.15, -0.1) is 0 Å². The molecule has 0 fully saturated rings. The normalized spacial score (nSPS) is 11.6. The summed E-state index contributed by atoms with van der Waals surface area (Å²) in [5, 5.41) is -0.104. The quantitative estimate of drug-likeness (QED) is 0.908. The third-order valence-corrected chi connectivity index (χ3v) is 4.58. The second kappa shape index (κ2) is 5.82. The first-order valence-electron chi connectivity index (χ1n) is 5.73. The van der Waals surface area contributed by atoms with Crippen molar-refractivity contribution in [3.05, 3.63) is 41.3 Å². The van der Waals surface area contributed by atoms with E-state index < -0.39 is 10.0 Å². The van der Waals surface area contributed by atoms with Gasteiger partial charge >= 0.3 is 0 Å². The maximum atomic E-state index is 12.1. The van der Waals surface area contributed by atoms with Gasteiger partial charge in [0.2, 0.25) is 5.03 Å². The number of imidazole rings is 1. The minimum Gasteiger partial charge on any atom is -0.497 e. The molecule has 1 heterocycles. The molecule has 0 saturated carbocycles. The molecule has 0 radical (unpaired) electrons. The molecule has 2 aromatic rings. The molecule has 8 heteroatoms. The number of halogens is 1. The van der Waals surface area contributed by atoms with Crippen LogP contribution < -0.4 is 9.46 Å².